The lowest BCUT2D eigenvalue weighted by atomic mass is 10.3. The van der Waals surface area contributed by atoms with Crippen LogP contribution in [-0.2, 0) is 9.59 Å². The Morgan fingerprint density at radius 1 is 1.26 bits per heavy atom. The van der Waals surface area contributed by atoms with Crippen LogP contribution in [0.3, 0.4) is 0 Å². The Labute approximate surface area is 114 Å². The summed E-state index contributed by atoms with van der Waals surface area (Å²) in [4.78, 5) is 33.2. The number of carbonyl (C=O) groups excluding carboxylic acids is 2. The molecule has 0 saturated carbocycles. The van der Waals surface area contributed by atoms with Crippen molar-refractivity contribution in [2.75, 3.05) is 11.1 Å². The van der Waals surface area contributed by atoms with E-state index in [2.05, 4.69) is 10.6 Å². The number of anilines is 1. The maximum absolute atomic E-state index is 11.6. The molecule has 3 N–H and O–H groups in total. The summed E-state index contributed by atoms with van der Waals surface area (Å²) in [6.07, 6.45) is 0. The van der Waals surface area contributed by atoms with Crippen molar-refractivity contribution in [1.29, 1.82) is 0 Å². The third-order valence-electron chi connectivity index (χ3n) is 2.08. The number of para-hydroxylation sites is 1. The van der Waals surface area contributed by atoms with Gasteiger partial charge in [-0.05, 0) is 12.1 Å². The monoisotopic (exact) mass is 282 g/mol. The van der Waals surface area contributed by atoms with E-state index < -0.39 is 17.9 Å². The summed E-state index contributed by atoms with van der Waals surface area (Å²) in [7, 11) is 0. The molecular formula is C12H14N2O4S. The van der Waals surface area contributed by atoms with Gasteiger partial charge in [-0.25, -0.2) is 4.79 Å². The van der Waals surface area contributed by atoms with Gasteiger partial charge in [0.2, 0.25) is 5.91 Å². The first kappa shape index (κ1) is 15.0. The molecule has 0 heterocycles. The summed E-state index contributed by atoms with van der Waals surface area (Å²) in [5.41, 5.74) is 0.631. The average molecular weight is 282 g/mol. The maximum atomic E-state index is 11.6. The van der Waals surface area contributed by atoms with Crippen LogP contribution in [0.25, 0.3) is 0 Å². The van der Waals surface area contributed by atoms with Crippen LogP contribution in [0.5, 0.6) is 0 Å². The van der Waals surface area contributed by atoms with Gasteiger partial charge >= 0.3 is 5.97 Å². The molecule has 1 aromatic carbocycles. The molecule has 7 heteroatoms. The highest BCUT2D eigenvalue weighted by atomic mass is 32.2. The SMILES string of the molecule is CC(=O)N[C@@H](CSC(=O)Nc1ccccc1)C(=O)O. The molecule has 0 aliphatic heterocycles. The molecule has 19 heavy (non-hydrogen) atoms. The van der Waals surface area contributed by atoms with Crippen molar-refractivity contribution < 1.29 is 19.5 Å². The summed E-state index contributed by atoms with van der Waals surface area (Å²) in [6.45, 7) is 1.23. The zero-order valence-corrected chi connectivity index (χ0v) is 11.1. The second kappa shape index (κ2) is 7.42. The van der Waals surface area contributed by atoms with E-state index >= 15 is 0 Å². The Morgan fingerprint density at radius 2 is 1.89 bits per heavy atom. The van der Waals surface area contributed by atoms with Crippen molar-refractivity contribution in [2.24, 2.45) is 0 Å². The van der Waals surface area contributed by atoms with Crippen LogP contribution in [-0.4, -0.2) is 34.0 Å². The zero-order chi connectivity index (χ0) is 14.3. The van der Waals surface area contributed by atoms with E-state index in [9.17, 15) is 14.4 Å². The number of carboxylic acids is 1. The lowest BCUT2D eigenvalue weighted by Crippen LogP contribution is -2.41. The van der Waals surface area contributed by atoms with E-state index in [0.717, 1.165) is 11.8 Å². The Morgan fingerprint density at radius 3 is 2.42 bits per heavy atom. The second-order valence-corrected chi connectivity index (χ2v) is 4.67. The van der Waals surface area contributed by atoms with Crippen molar-refractivity contribution in [3.8, 4) is 0 Å². The van der Waals surface area contributed by atoms with Gasteiger partial charge in [-0.1, -0.05) is 30.0 Å². The second-order valence-electron chi connectivity index (χ2n) is 3.68. The molecular weight excluding hydrogens is 268 g/mol. The van der Waals surface area contributed by atoms with Crippen LogP contribution in [0, 0.1) is 0 Å². The maximum Gasteiger partial charge on any atom is 0.327 e. The van der Waals surface area contributed by atoms with Gasteiger partial charge in [-0.3, -0.25) is 9.59 Å². The van der Waals surface area contributed by atoms with Gasteiger partial charge in [-0.15, -0.1) is 0 Å². The number of carbonyl (C=O) groups is 3. The largest absolute Gasteiger partial charge is 0.480 e. The lowest BCUT2D eigenvalue weighted by Gasteiger charge is -2.12. The number of nitrogens with one attached hydrogen (secondary N) is 2. The lowest BCUT2D eigenvalue weighted by molar-refractivity contribution is -0.140. The van der Waals surface area contributed by atoms with Gasteiger partial charge < -0.3 is 15.7 Å². The van der Waals surface area contributed by atoms with Crippen LogP contribution < -0.4 is 10.6 Å². The quantitative estimate of drug-likeness (QED) is 0.761. The van der Waals surface area contributed by atoms with E-state index in [1.54, 1.807) is 24.3 Å². The molecule has 0 unspecified atom stereocenters. The molecule has 0 spiro atoms. The van der Waals surface area contributed by atoms with Gasteiger partial charge in [-0.2, -0.15) is 0 Å². The Balaban J connectivity index is 2.44. The highest BCUT2D eigenvalue weighted by molar-refractivity contribution is 8.13. The molecule has 1 atom stereocenters. The fourth-order valence-electron chi connectivity index (χ4n) is 1.25. The van der Waals surface area contributed by atoms with E-state index in [1.165, 1.54) is 6.92 Å². The van der Waals surface area contributed by atoms with Crippen LogP contribution in [0.1, 0.15) is 6.92 Å². The molecule has 0 aliphatic rings. The standard InChI is InChI=1S/C12H14N2O4S/c1-8(15)13-10(11(16)17)7-19-12(18)14-9-5-3-2-4-6-9/h2-6,10H,7H2,1H3,(H,13,15)(H,14,18)(H,16,17)/t10-/m0/s1. The molecule has 1 rings (SSSR count). The first-order valence-electron chi connectivity index (χ1n) is 5.48. The van der Waals surface area contributed by atoms with Gasteiger partial charge in [0.05, 0.1) is 0 Å². The highest BCUT2D eigenvalue weighted by Crippen LogP contribution is 2.12. The van der Waals surface area contributed by atoms with Crippen molar-refractivity contribution in [3.63, 3.8) is 0 Å². The predicted molar refractivity (Wildman–Crippen MR) is 73.2 cm³/mol. The fraction of sp³-hybridized carbons (Fsp3) is 0.250. The molecule has 102 valence electrons. The molecule has 0 aliphatic carbocycles. The smallest absolute Gasteiger partial charge is 0.327 e. The third kappa shape index (κ3) is 5.91. The topological polar surface area (TPSA) is 95.5 Å². The summed E-state index contributed by atoms with van der Waals surface area (Å²) in [5, 5.41) is 13.4. The normalized spacial score (nSPS) is 11.4. The summed E-state index contributed by atoms with van der Waals surface area (Å²) < 4.78 is 0. The summed E-state index contributed by atoms with van der Waals surface area (Å²) >= 11 is 0.804. The number of hydrogen-bond donors (Lipinski definition) is 3. The molecule has 0 bridgehead atoms. The average Bonchev–Trinajstić information content (AvgIpc) is 2.35. The van der Waals surface area contributed by atoms with E-state index in [4.69, 9.17) is 5.11 Å². The number of amides is 2. The number of carboxylic acid groups (broad SMARTS) is 1. The van der Waals surface area contributed by atoms with Gasteiger partial charge in [0.15, 0.2) is 0 Å². The minimum atomic E-state index is -1.17. The number of hydrogen-bond acceptors (Lipinski definition) is 4. The fourth-order valence-corrected chi connectivity index (χ4v) is 1.99. The summed E-state index contributed by atoms with van der Waals surface area (Å²) in [5.74, 6) is -1.65. The first-order valence-corrected chi connectivity index (χ1v) is 6.46. The van der Waals surface area contributed by atoms with Crippen LogP contribution in [0.15, 0.2) is 30.3 Å². The Bertz CT molecular complexity index is 464. The van der Waals surface area contributed by atoms with E-state index in [-0.39, 0.29) is 11.0 Å². The minimum absolute atomic E-state index is 0.0341. The molecule has 6 nitrogen and oxygen atoms in total. The number of thioether (sulfide) groups is 1. The van der Waals surface area contributed by atoms with Gasteiger partial charge in [0.1, 0.15) is 6.04 Å². The zero-order valence-electron chi connectivity index (χ0n) is 10.3. The Kier molecular flexibility index (Phi) is 5.87. The van der Waals surface area contributed by atoms with Gasteiger partial charge in [0.25, 0.3) is 5.24 Å². The molecule has 2 amide bonds. The number of benzene rings is 1. The summed E-state index contributed by atoms with van der Waals surface area (Å²) in [6, 6.07) is 7.74. The highest BCUT2D eigenvalue weighted by Gasteiger charge is 2.19. The predicted octanol–water partition coefficient (Wildman–Crippen LogP) is 1.54. The molecule has 0 radical (unpaired) electrons. The van der Waals surface area contributed by atoms with Crippen LogP contribution in [0.2, 0.25) is 0 Å². The van der Waals surface area contributed by atoms with Crippen molar-refractivity contribution in [2.45, 2.75) is 13.0 Å². The first-order chi connectivity index (χ1) is 8.99. The van der Waals surface area contributed by atoms with Crippen molar-refractivity contribution in [1.82, 2.24) is 5.32 Å². The number of aliphatic carboxylic acids is 1. The molecule has 0 fully saturated rings. The van der Waals surface area contributed by atoms with E-state index in [1.807, 2.05) is 6.07 Å². The Hall–Kier alpha value is -2.02. The third-order valence-corrected chi connectivity index (χ3v) is 2.94. The molecule has 0 aromatic heterocycles. The minimum Gasteiger partial charge on any atom is -0.480 e. The van der Waals surface area contributed by atoms with Crippen molar-refractivity contribution in [3.05, 3.63) is 30.3 Å². The van der Waals surface area contributed by atoms with Crippen LogP contribution in [0.4, 0.5) is 10.5 Å². The van der Waals surface area contributed by atoms with Gasteiger partial charge in [0, 0.05) is 18.4 Å². The van der Waals surface area contributed by atoms with Crippen molar-refractivity contribution >= 4 is 34.6 Å². The number of rotatable bonds is 5. The molecule has 0 saturated heterocycles. The van der Waals surface area contributed by atoms with Crippen LogP contribution >= 0.6 is 11.8 Å². The molecule has 1 aromatic rings. The van der Waals surface area contributed by atoms with E-state index in [0.29, 0.717) is 5.69 Å².